The highest BCUT2D eigenvalue weighted by molar-refractivity contribution is 7.91. The third-order valence-electron chi connectivity index (χ3n) is 4.78. The van der Waals surface area contributed by atoms with Gasteiger partial charge in [-0.3, -0.25) is 4.90 Å². The van der Waals surface area contributed by atoms with Crippen molar-refractivity contribution < 1.29 is 17.6 Å². The van der Waals surface area contributed by atoms with Crippen molar-refractivity contribution in [2.75, 3.05) is 16.4 Å². The van der Waals surface area contributed by atoms with Crippen LogP contribution in [0.5, 0.6) is 0 Å². The first-order valence-corrected chi connectivity index (χ1v) is 9.86. The maximum absolute atomic E-state index is 13.1. The molecule has 2 aliphatic heterocycles. The van der Waals surface area contributed by atoms with E-state index in [1.54, 1.807) is 34.1 Å². The van der Waals surface area contributed by atoms with Gasteiger partial charge in [-0.05, 0) is 29.8 Å². The van der Waals surface area contributed by atoms with E-state index in [0.29, 0.717) is 5.69 Å². The van der Waals surface area contributed by atoms with Crippen molar-refractivity contribution >= 4 is 21.6 Å². The Morgan fingerprint density at radius 1 is 0.960 bits per heavy atom. The van der Waals surface area contributed by atoms with Crippen LogP contribution in [0.25, 0.3) is 0 Å². The Hall–Kier alpha value is -2.41. The van der Waals surface area contributed by atoms with E-state index in [4.69, 9.17) is 0 Å². The summed E-state index contributed by atoms with van der Waals surface area (Å²) >= 11 is 0. The Bertz CT molecular complexity index is 900. The number of hydrogen-bond acceptors (Lipinski definition) is 3. The number of amides is 2. The smallest absolute Gasteiger partial charge is 0.314 e. The van der Waals surface area contributed by atoms with Gasteiger partial charge in [0.1, 0.15) is 5.82 Å². The molecule has 0 spiro atoms. The number of sulfone groups is 1. The molecule has 2 atom stereocenters. The molecule has 5 nitrogen and oxygen atoms in total. The number of anilines is 1. The van der Waals surface area contributed by atoms with Crippen molar-refractivity contribution in [2.24, 2.45) is 0 Å². The zero-order valence-electron chi connectivity index (χ0n) is 13.4. The summed E-state index contributed by atoms with van der Waals surface area (Å²) in [6, 6.07) is 14.0. The van der Waals surface area contributed by atoms with Gasteiger partial charge in [0.15, 0.2) is 9.84 Å². The Morgan fingerprint density at radius 3 is 2.28 bits per heavy atom. The Balaban J connectivity index is 1.69. The second-order valence-corrected chi connectivity index (χ2v) is 8.61. The molecule has 0 radical (unpaired) electrons. The minimum Gasteiger partial charge on any atom is -0.314 e. The molecular formula is C18H17FN2O3S. The van der Waals surface area contributed by atoms with E-state index < -0.39 is 9.84 Å². The van der Waals surface area contributed by atoms with E-state index in [-0.39, 0.29) is 42.0 Å². The fourth-order valence-corrected chi connectivity index (χ4v) is 5.59. The number of halogens is 1. The predicted octanol–water partition coefficient (Wildman–Crippen LogP) is 2.43. The molecule has 2 amide bonds. The highest BCUT2D eigenvalue weighted by Crippen LogP contribution is 2.35. The first-order chi connectivity index (χ1) is 11.9. The lowest BCUT2D eigenvalue weighted by Crippen LogP contribution is -2.37. The van der Waals surface area contributed by atoms with Gasteiger partial charge in [0.2, 0.25) is 0 Å². The van der Waals surface area contributed by atoms with Crippen LogP contribution in [0, 0.1) is 5.82 Å². The number of carbonyl (C=O) groups excluding carboxylic acids is 1. The molecular weight excluding hydrogens is 343 g/mol. The molecule has 0 bridgehead atoms. The van der Waals surface area contributed by atoms with E-state index in [1.165, 1.54) is 12.1 Å². The minimum absolute atomic E-state index is 0.0295. The number of urea groups is 1. The zero-order chi connectivity index (χ0) is 17.6. The molecule has 2 aromatic rings. The van der Waals surface area contributed by atoms with Gasteiger partial charge in [-0.1, -0.05) is 30.3 Å². The molecule has 2 aromatic carbocycles. The lowest BCUT2D eigenvalue weighted by atomic mass is 10.1. The van der Waals surface area contributed by atoms with Crippen molar-refractivity contribution in [1.82, 2.24) is 4.90 Å². The van der Waals surface area contributed by atoms with Gasteiger partial charge in [0.25, 0.3) is 0 Å². The van der Waals surface area contributed by atoms with Crippen LogP contribution < -0.4 is 4.90 Å². The fourth-order valence-electron chi connectivity index (χ4n) is 3.64. The van der Waals surface area contributed by atoms with E-state index in [1.807, 2.05) is 18.2 Å². The van der Waals surface area contributed by atoms with Gasteiger partial charge in [0.05, 0.1) is 23.6 Å². The molecule has 0 saturated carbocycles. The van der Waals surface area contributed by atoms with Gasteiger partial charge >= 0.3 is 6.03 Å². The first-order valence-electron chi connectivity index (χ1n) is 8.04. The number of hydrogen-bond donors (Lipinski definition) is 0. The number of para-hydroxylation sites is 1. The van der Waals surface area contributed by atoms with Crippen LogP contribution in [-0.4, -0.2) is 42.9 Å². The normalized spacial score (nSPS) is 24.6. The van der Waals surface area contributed by atoms with Crippen LogP contribution in [0.15, 0.2) is 54.6 Å². The molecule has 0 aromatic heterocycles. The zero-order valence-corrected chi connectivity index (χ0v) is 14.2. The Labute approximate surface area is 145 Å². The molecule has 2 saturated heterocycles. The summed E-state index contributed by atoms with van der Waals surface area (Å²) in [5, 5.41) is 0. The molecule has 0 unspecified atom stereocenters. The third kappa shape index (κ3) is 2.89. The number of benzene rings is 2. The largest absolute Gasteiger partial charge is 0.325 e. The van der Waals surface area contributed by atoms with Gasteiger partial charge < -0.3 is 4.90 Å². The Kier molecular flexibility index (Phi) is 3.76. The molecule has 7 heteroatoms. The SMILES string of the molecule is O=C1N(Cc2ccc(F)cc2)[C@@H]2CS(=O)(=O)C[C@H]2N1c1ccccc1. The predicted molar refractivity (Wildman–Crippen MR) is 92.5 cm³/mol. The molecule has 2 heterocycles. The van der Waals surface area contributed by atoms with Gasteiger partial charge in [-0.25, -0.2) is 17.6 Å². The summed E-state index contributed by atoms with van der Waals surface area (Å²) in [6.45, 7) is 0.263. The van der Waals surface area contributed by atoms with Crippen LogP contribution in [-0.2, 0) is 16.4 Å². The van der Waals surface area contributed by atoms with Crippen molar-refractivity contribution in [3.05, 3.63) is 66.0 Å². The quantitative estimate of drug-likeness (QED) is 0.790. The number of rotatable bonds is 3. The first kappa shape index (κ1) is 16.1. The maximum Gasteiger partial charge on any atom is 0.325 e. The maximum atomic E-state index is 13.1. The van der Waals surface area contributed by atoms with Crippen molar-refractivity contribution in [2.45, 2.75) is 18.6 Å². The minimum atomic E-state index is -3.20. The molecule has 4 rings (SSSR count). The Morgan fingerprint density at radius 2 is 1.60 bits per heavy atom. The molecule has 130 valence electrons. The second-order valence-electron chi connectivity index (χ2n) is 6.45. The molecule has 0 aliphatic carbocycles. The van der Waals surface area contributed by atoms with E-state index in [9.17, 15) is 17.6 Å². The number of nitrogens with zero attached hydrogens (tertiary/aromatic N) is 2. The lowest BCUT2D eigenvalue weighted by Gasteiger charge is -2.22. The average molecular weight is 360 g/mol. The monoisotopic (exact) mass is 360 g/mol. The van der Waals surface area contributed by atoms with Gasteiger partial charge in [-0.15, -0.1) is 0 Å². The summed E-state index contributed by atoms with van der Waals surface area (Å²) in [6.07, 6.45) is 0. The third-order valence-corrected chi connectivity index (χ3v) is 6.48. The molecule has 2 fully saturated rings. The summed E-state index contributed by atoms with van der Waals surface area (Å²) in [7, 11) is -3.20. The number of fused-ring (bicyclic) bond motifs is 1. The van der Waals surface area contributed by atoms with Crippen LogP contribution in [0.3, 0.4) is 0 Å². The standard InChI is InChI=1S/C18H17FN2O3S/c19-14-8-6-13(7-9-14)10-20-16-11-25(23,24)12-17(16)21(18(20)22)15-4-2-1-3-5-15/h1-9,16-17H,10-12H2/t16-,17-/m1/s1. The average Bonchev–Trinajstić information content (AvgIpc) is 3.01. The molecule has 0 N–H and O–H groups in total. The van der Waals surface area contributed by atoms with Crippen LogP contribution >= 0.6 is 0 Å². The summed E-state index contributed by atoms with van der Waals surface area (Å²) in [4.78, 5) is 16.2. The van der Waals surface area contributed by atoms with Crippen molar-refractivity contribution in [3.63, 3.8) is 0 Å². The second kappa shape index (κ2) is 5.84. The van der Waals surface area contributed by atoms with E-state index >= 15 is 0 Å². The summed E-state index contributed by atoms with van der Waals surface area (Å²) in [5.74, 6) is -0.407. The van der Waals surface area contributed by atoms with E-state index in [2.05, 4.69) is 0 Å². The summed E-state index contributed by atoms with van der Waals surface area (Å²) in [5.41, 5.74) is 1.47. The van der Waals surface area contributed by atoms with Crippen LogP contribution in [0.1, 0.15) is 5.56 Å². The van der Waals surface area contributed by atoms with E-state index in [0.717, 1.165) is 5.56 Å². The lowest BCUT2D eigenvalue weighted by molar-refractivity contribution is 0.206. The van der Waals surface area contributed by atoms with Crippen molar-refractivity contribution in [3.8, 4) is 0 Å². The fraction of sp³-hybridized carbons (Fsp3) is 0.278. The van der Waals surface area contributed by atoms with Crippen LogP contribution in [0.4, 0.5) is 14.9 Å². The van der Waals surface area contributed by atoms with Gasteiger partial charge in [-0.2, -0.15) is 0 Å². The van der Waals surface area contributed by atoms with Crippen molar-refractivity contribution in [1.29, 1.82) is 0 Å². The topological polar surface area (TPSA) is 57.7 Å². The number of carbonyl (C=O) groups is 1. The summed E-state index contributed by atoms with van der Waals surface area (Å²) < 4.78 is 37.4. The molecule has 2 aliphatic rings. The van der Waals surface area contributed by atoms with Gasteiger partial charge in [0, 0.05) is 12.2 Å². The highest BCUT2D eigenvalue weighted by Gasteiger charge is 2.53. The molecule has 25 heavy (non-hydrogen) atoms. The highest BCUT2D eigenvalue weighted by atomic mass is 32.2. The van der Waals surface area contributed by atoms with Crippen LogP contribution in [0.2, 0.25) is 0 Å².